The van der Waals surface area contributed by atoms with Gasteiger partial charge in [-0.3, -0.25) is 10.1 Å². The fraction of sp³-hybridized carbons (Fsp3) is 0.588. The topological polar surface area (TPSA) is 105 Å². The summed E-state index contributed by atoms with van der Waals surface area (Å²) in [6.45, 7) is 4.96. The lowest BCUT2D eigenvalue weighted by molar-refractivity contribution is -0.384. The minimum atomic E-state index is -0.781. The maximum Gasteiger partial charge on any atom is 0.405 e. The molecule has 0 aromatic heterocycles. The number of carbonyl (C=O) groups excluding carboxylic acids is 1. The van der Waals surface area contributed by atoms with Crippen molar-refractivity contribution >= 4 is 11.8 Å². The van der Waals surface area contributed by atoms with Gasteiger partial charge in [0.15, 0.2) is 0 Å². The van der Waals surface area contributed by atoms with Crippen LogP contribution in [0.4, 0.5) is 10.5 Å². The van der Waals surface area contributed by atoms with E-state index in [0.717, 1.165) is 24.8 Å². The molecule has 1 amide bonds. The zero-order chi connectivity index (χ0) is 17.8. The van der Waals surface area contributed by atoms with Gasteiger partial charge >= 0.3 is 6.09 Å². The Morgan fingerprint density at radius 3 is 2.42 bits per heavy atom. The van der Waals surface area contributed by atoms with Crippen LogP contribution in [0.15, 0.2) is 24.3 Å². The number of nitrogens with zero attached hydrogens (tertiary/aromatic N) is 1. The van der Waals surface area contributed by atoms with Gasteiger partial charge in [0.25, 0.3) is 5.69 Å². The highest BCUT2D eigenvalue weighted by molar-refractivity contribution is 5.65. The van der Waals surface area contributed by atoms with Gasteiger partial charge in [-0.2, -0.15) is 0 Å². The Morgan fingerprint density at radius 2 is 1.92 bits per heavy atom. The first-order valence-electron chi connectivity index (χ1n) is 8.05. The van der Waals surface area contributed by atoms with Crippen molar-refractivity contribution in [2.75, 3.05) is 13.2 Å². The van der Waals surface area contributed by atoms with E-state index in [1.54, 1.807) is 0 Å². The van der Waals surface area contributed by atoms with Crippen molar-refractivity contribution in [1.82, 2.24) is 0 Å². The van der Waals surface area contributed by atoms with E-state index < -0.39 is 16.6 Å². The number of primary amides is 1. The minimum Gasteiger partial charge on any atom is -0.444 e. The molecule has 2 N–H and O–H groups in total. The zero-order valence-electron chi connectivity index (χ0n) is 14.1. The van der Waals surface area contributed by atoms with E-state index in [-0.39, 0.29) is 11.1 Å². The summed E-state index contributed by atoms with van der Waals surface area (Å²) < 4.78 is 10.7. The maximum atomic E-state index is 11.0. The molecule has 1 saturated heterocycles. The zero-order valence-corrected chi connectivity index (χ0v) is 14.1. The van der Waals surface area contributed by atoms with Crippen LogP contribution in [0, 0.1) is 10.1 Å². The summed E-state index contributed by atoms with van der Waals surface area (Å²) in [5.74, 6) is 0. The Labute approximate surface area is 141 Å². The molecule has 24 heavy (non-hydrogen) atoms. The molecule has 1 fully saturated rings. The Morgan fingerprint density at radius 1 is 1.33 bits per heavy atom. The van der Waals surface area contributed by atoms with Gasteiger partial charge in [-0.25, -0.2) is 4.79 Å². The minimum absolute atomic E-state index is 0.0818. The van der Waals surface area contributed by atoms with Crippen LogP contribution in [0.1, 0.15) is 45.1 Å². The fourth-order valence-corrected chi connectivity index (χ4v) is 3.25. The van der Waals surface area contributed by atoms with Crippen molar-refractivity contribution in [3.05, 3.63) is 39.9 Å². The van der Waals surface area contributed by atoms with Crippen molar-refractivity contribution in [2.24, 2.45) is 5.73 Å². The van der Waals surface area contributed by atoms with Crippen LogP contribution >= 0.6 is 0 Å². The number of benzene rings is 1. The van der Waals surface area contributed by atoms with E-state index in [2.05, 4.69) is 0 Å². The second kappa shape index (κ2) is 7.17. The van der Waals surface area contributed by atoms with Gasteiger partial charge in [0.1, 0.15) is 5.60 Å². The molecule has 7 heteroatoms. The predicted molar refractivity (Wildman–Crippen MR) is 88.8 cm³/mol. The van der Waals surface area contributed by atoms with Crippen LogP contribution in [0.25, 0.3) is 0 Å². The molecule has 0 spiro atoms. The van der Waals surface area contributed by atoms with E-state index in [0.29, 0.717) is 19.6 Å². The Balaban J connectivity index is 2.20. The maximum absolute atomic E-state index is 11.0. The first-order chi connectivity index (χ1) is 11.2. The summed E-state index contributed by atoms with van der Waals surface area (Å²) in [5.41, 5.74) is 5.49. The molecule has 1 aromatic rings. The molecule has 2 rings (SSSR count). The monoisotopic (exact) mass is 336 g/mol. The summed E-state index contributed by atoms with van der Waals surface area (Å²) in [7, 11) is 0. The molecule has 0 bridgehead atoms. The van der Waals surface area contributed by atoms with Gasteiger partial charge in [-0.1, -0.05) is 12.1 Å². The summed E-state index contributed by atoms with van der Waals surface area (Å²) in [6.07, 6.45) is 2.31. The molecule has 1 aliphatic heterocycles. The third-order valence-corrected chi connectivity index (χ3v) is 4.72. The molecule has 1 aromatic carbocycles. The lowest BCUT2D eigenvalue weighted by Gasteiger charge is -2.40. The van der Waals surface area contributed by atoms with Gasteiger partial charge in [-0.05, 0) is 50.5 Å². The lowest BCUT2D eigenvalue weighted by atomic mass is 9.70. The first-order valence-corrected chi connectivity index (χ1v) is 8.05. The second-order valence-corrected chi connectivity index (χ2v) is 6.88. The third kappa shape index (κ3) is 4.44. The molecule has 1 heterocycles. The Hall–Kier alpha value is -2.15. The molecule has 0 aliphatic carbocycles. The average Bonchev–Trinajstić information content (AvgIpc) is 2.53. The van der Waals surface area contributed by atoms with Crippen LogP contribution in [0.5, 0.6) is 0 Å². The second-order valence-electron chi connectivity index (χ2n) is 6.88. The Bertz CT molecular complexity index is 592. The fourth-order valence-electron chi connectivity index (χ4n) is 3.25. The normalized spacial score (nSPS) is 17.2. The highest BCUT2D eigenvalue weighted by Crippen LogP contribution is 2.41. The highest BCUT2D eigenvalue weighted by atomic mass is 16.6. The van der Waals surface area contributed by atoms with E-state index >= 15 is 0 Å². The molecular weight excluding hydrogens is 312 g/mol. The van der Waals surface area contributed by atoms with E-state index in [9.17, 15) is 14.9 Å². The van der Waals surface area contributed by atoms with E-state index in [1.165, 1.54) is 12.1 Å². The quantitative estimate of drug-likeness (QED) is 0.634. The molecule has 0 radical (unpaired) electrons. The molecule has 7 nitrogen and oxygen atoms in total. The molecular formula is C17H24N2O5. The number of hydrogen-bond acceptors (Lipinski definition) is 5. The van der Waals surface area contributed by atoms with Crippen LogP contribution in [0.2, 0.25) is 0 Å². The van der Waals surface area contributed by atoms with Crippen LogP contribution in [-0.4, -0.2) is 29.8 Å². The van der Waals surface area contributed by atoms with Crippen LogP contribution in [0.3, 0.4) is 0 Å². The van der Waals surface area contributed by atoms with E-state index in [4.69, 9.17) is 15.2 Å². The van der Waals surface area contributed by atoms with Crippen molar-refractivity contribution in [1.29, 1.82) is 0 Å². The number of nitro benzene ring substituents is 1. The summed E-state index contributed by atoms with van der Waals surface area (Å²) in [5, 5.41) is 10.9. The van der Waals surface area contributed by atoms with Crippen molar-refractivity contribution in [3.63, 3.8) is 0 Å². The smallest absolute Gasteiger partial charge is 0.405 e. The summed E-state index contributed by atoms with van der Waals surface area (Å²) in [4.78, 5) is 21.5. The predicted octanol–water partition coefficient (Wildman–Crippen LogP) is 3.30. The third-order valence-electron chi connectivity index (χ3n) is 4.72. The van der Waals surface area contributed by atoms with Crippen molar-refractivity contribution in [3.8, 4) is 0 Å². The van der Waals surface area contributed by atoms with Gasteiger partial charge in [0.05, 0.1) is 4.92 Å². The SMILES string of the molecule is CC(C)(CCC1(c2ccc([N+](=O)[O-])cc2)CCOCC1)OC(N)=O. The van der Waals surface area contributed by atoms with Crippen molar-refractivity contribution in [2.45, 2.75) is 50.5 Å². The van der Waals surface area contributed by atoms with Crippen molar-refractivity contribution < 1.29 is 19.2 Å². The van der Waals surface area contributed by atoms with Gasteiger partial charge in [-0.15, -0.1) is 0 Å². The number of hydrogen-bond donors (Lipinski definition) is 1. The summed E-state index contributed by atoms with van der Waals surface area (Å²) in [6, 6.07) is 6.73. The van der Waals surface area contributed by atoms with Gasteiger partial charge in [0.2, 0.25) is 0 Å². The number of ether oxygens (including phenoxy) is 2. The molecule has 132 valence electrons. The number of rotatable bonds is 6. The van der Waals surface area contributed by atoms with E-state index in [1.807, 2.05) is 26.0 Å². The van der Waals surface area contributed by atoms with Crippen LogP contribution in [-0.2, 0) is 14.9 Å². The highest BCUT2D eigenvalue weighted by Gasteiger charge is 2.37. The molecule has 0 atom stereocenters. The summed E-state index contributed by atoms with van der Waals surface area (Å²) >= 11 is 0. The molecule has 1 aliphatic rings. The number of amides is 1. The first kappa shape index (κ1) is 18.2. The number of nitrogens with two attached hydrogens (primary N) is 1. The van der Waals surface area contributed by atoms with Gasteiger partial charge in [0, 0.05) is 25.3 Å². The largest absolute Gasteiger partial charge is 0.444 e. The number of nitro groups is 1. The molecule has 0 unspecified atom stereocenters. The van der Waals surface area contributed by atoms with Gasteiger partial charge < -0.3 is 15.2 Å². The van der Waals surface area contributed by atoms with Crippen LogP contribution < -0.4 is 5.73 Å². The average molecular weight is 336 g/mol. The molecule has 0 saturated carbocycles. The lowest BCUT2D eigenvalue weighted by Crippen LogP contribution is -2.38. The number of carbonyl (C=O) groups is 1. The Kier molecular flexibility index (Phi) is 5.43. The standard InChI is InChI=1S/C17H24N2O5/c1-16(2,24-15(18)20)7-8-17(9-11-23-12-10-17)13-3-5-14(6-4-13)19(21)22/h3-6H,7-12H2,1-2H3,(H2,18,20). The number of non-ortho nitro benzene ring substituents is 1.